The van der Waals surface area contributed by atoms with Crippen LogP contribution in [0.5, 0.6) is 5.75 Å². The lowest BCUT2D eigenvalue weighted by atomic mass is 10.0. The Labute approximate surface area is 103 Å². The number of hydrogen-bond donors (Lipinski definition) is 2. The second-order valence-electron chi connectivity index (χ2n) is 5.48. The van der Waals surface area contributed by atoms with Crippen molar-refractivity contribution in [2.24, 2.45) is 0 Å². The Balaban J connectivity index is 1.92. The molecule has 1 atom stereocenters. The van der Waals surface area contributed by atoms with E-state index in [0.29, 0.717) is 0 Å². The van der Waals surface area contributed by atoms with Gasteiger partial charge in [-0.2, -0.15) is 0 Å². The second-order valence-corrected chi connectivity index (χ2v) is 5.48. The van der Waals surface area contributed by atoms with Crippen molar-refractivity contribution in [1.82, 2.24) is 5.32 Å². The molecule has 1 aromatic carbocycles. The van der Waals surface area contributed by atoms with Gasteiger partial charge in [0, 0.05) is 18.5 Å². The number of rotatable bonds is 4. The van der Waals surface area contributed by atoms with Crippen molar-refractivity contribution in [2.45, 2.75) is 38.8 Å². The summed E-state index contributed by atoms with van der Waals surface area (Å²) in [6.45, 7) is 6.96. The zero-order valence-electron chi connectivity index (χ0n) is 10.8. The molecule has 0 bridgehead atoms. The Hall–Kier alpha value is -1.06. The predicted molar refractivity (Wildman–Crippen MR) is 68.5 cm³/mol. The number of hydrogen-bond acceptors (Lipinski definition) is 3. The minimum Gasteiger partial charge on any atom is -0.488 e. The number of aryl methyl sites for hydroxylation is 1. The normalized spacial score (nSPS) is 18.9. The van der Waals surface area contributed by atoms with Crippen molar-refractivity contribution in [3.63, 3.8) is 0 Å². The van der Waals surface area contributed by atoms with Crippen molar-refractivity contribution in [1.29, 1.82) is 0 Å². The van der Waals surface area contributed by atoms with E-state index in [9.17, 15) is 5.11 Å². The summed E-state index contributed by atoms with van der Waals surface area (Å²) in [7, 11) is 0. The largest absolute Gasteiger partial charge is 0.488 e. The summed E-state index contributed by atoms with van der Waals surface area (Å²) in [6, 6.07) is 6.31. The highest BCUT2D eigenvalue weighted by Crippen LogP contribution is 2.29. The van der Waals surface area contributed by atoms with Gasteiger partial charge in [-0.3, -0.25) is 0 Å². The predicted octanol–water partition coefficient (Wildman–Crippen LogP) is 1.66. The number of ether oxygens (including phenoxy) is 1. The molecule has 0 fully saturated rings. The summed E-state index contributed by atoms with van der Waals surface area (Å²) in [6.07, 6.45) is 1.13. The van der Waals surface area contributed by atoms with E-state index >= 15 is 0 Å². The Morgan fingerprint density at radius 3 is 2.94 bits per heavy atom. The Morgan fingerprint density at radius 2 is 2.24 bits per heavy atom. The molecule has 0 aliphatic carbocycles. The standard InChI is InChI=1S/C14H21NO2/c1-10-4-5-13-11(6-10)7-12(17-13)8-15-14(2,3)9-16/h4-6,12,15-16H,7-9H2,1-3H3. The fraction of sp³-hybridized carbons (Fsp3) is 0.571. The minimum absolute atomic E-state index is 0.131. The lowest BCUT2D eigenvalue weighted by Crippen LogP contribution is -2.47. The van der Waals surface area contributed by atoms with E-state index in [4.69, 9.17) is 4.74 Å². The molecule has 2 N–H and O–H groups in total. The van der Waals surface area contributed by atoms with Crippen LogP contribution in [0.4, 0.5) is 0 Å². The molecule has 0 saturated heterocycles. The van der Waals surface area contributed by atoms with E-state index in [-0.39, 0.29) is 18.2 Å². The van der Waals surface area contributed by atoms with E-state index in [1.165, 1.54) is 11.1 Å². The first kappa shape index (κ1) is 12.4. The summed E-state index contributed by atoms with van der Waals surface area (Å²) < 4.78 is 5.86. The molecule has 3 heteroatoms. The van der Waals surface area contributed by atoms with Crippen LogP contribution < -0.4 is 10.1 Å². The van der Waals surface area contributed by atoms with Gasteiger partial charge < -0.3 is 15.2 Å². The molecule has 1 aliphatic heterocycles. The van der Waals surface area contributed by atoms with Gasteiger partial charge in [0.05, 0.1) is 6.61 Å². The van der Waals surface area contributed by atoms with E-state index < -0.39 is 0 Å². The van der Waals surface area contributed by atoms with Gasteiger partial charge in [-0.1, -0.05) is 17.7 Å². The van der Waals surface area contributed by atoms with Crippen LogP contribution in [0.2, 0.25) is 0 Å². The molecule has 1 aromatic rings. The fourth-order valence-electron chi connectivity index (χ4n) is 2.01. The van der Waals surface area contributed by atoms with Crippen LogP contribution in [0.1, 0.15) is 25.0 Å². The summed E-state index contributed by atoms with van der Waals surface area (Å²) in [5.74, 6) is 1.00. The van der Waals surface area contributed by atoms with Gasteiger partial charge in [-0.15, -0.1) is 0 Å². The molecule has 0 spiro atoms. The Bertz CT molecular complexity index is 401. The molecule has 2 rings (SSSR count). The number of aliphatic hydroxyl groups is 1. The number of fused-ring (bicyclic) bond motifs is 1. The van der Waals surface area contributed by atoms with Crippen LogP contribution in [0.3, 0.4) is 0 Å². The third-order valence-electron chi connectivity index (χ3n) is 3.16. The first-order chi connectivity index (χ1) is 8.00. The van der Waals surface area contributed by atoms with Gasteiger partial charge in [0.15, 0.2) is 0 Å². The molecule has 1 aliphatic rings. The maximum Gasteiger partial charge on any atom is 0.123 e. The smallest absolute Gasteiger partial charge is 0.123 e. The fourth-order valence-corrected chi connectivity index (χ4v) is 2.01. The molecule has 1 unspecified atom stereocenters. The van der Waals surface area contributed by atoms with Gasteiger partial charge in [0.25, 0.3) is 0 Å². The van der Waals surface area contributed by atoms with Crippen LogP contribution in [0, 0.1) is 6.92 Å². The van der Waals surface area contributed by atoms with E-state index in [1.807, 2.05) is 19.9 Å². The molecule has 0 amide bonds. The highest BCUT2D eigenvalue weighted by molar-refractivity contribution is 5.40. The highest BCUT2D eigenvalue weighted by atomic mass is 16.5. The summed E-state index contributed by atoms with van der Waals surface area (Å²) in [5.41, 5.74) is 2.32. The Morgan fingerprint density at radius 1 is 1.47 bits per heavy atom. The van der Waals surface area contributed by atoms with Crippen molar-refractivity contribution >= 4 is 0 Å². The topological polar surface area (TPSA) is 41.5 Å². The maximum absolute atomic E-state index is 9.17. The molecule has 0 saturated carbocycles. The molecular formula is C14H21NO2. The van der Waals surface area contributed by atoms with Gasteiger partial charge >= 0.3 is 0 Å². The van der Waals surface area contributed by atoms with Crippen molar-refractivity contribution in [2.75, 3.05) is 13.2 Å². The van der Waals surface area contributed by atoms with E-state index in [0.717, 1.165) is 18.7 Å². The molecule has 0 aromatic heterocycles. The zero-order valence-corrected chi connectivity index (χ0v) is 10.8. The van der Waals surface area contributed by atoms with Crippen LogP contribution in [0.15, 0.2) is 18.2 Å². The molecule has 17 heavy (non-hydrogen) atoms. The lowest BCUT2D eigenvalue weighted by Gasteiger charge is -2.25. The first-order valence-corrected chi connectivity index (χ1v) is 6.12. The summed E-state index contributed by atoms with van der Waals surface area (Å²) in [5, 5.41) is 12.5. The molecule has 1 heterocycles. The molecule has 0 radical (unpaired) electrons. The van der Waals surface area contributed by atoms with Gasteiger partial charge in [-0.25, -0.2) is 0 Å². The van der Waals surface area contributed by atoms with Crippen LogP contribution >= 0.6 is 0 Å². The Kier molecular flexibility index (Phi) is 3.40. The second kappa shape index (κ2) is 4.67. The summed E-state index contributed by atoms with van der Waals surface area (Å²) in [4.78, 5) is 0. The van der Waals surface area contributed by atoms with Crippen LogP contribution in [0.25, 0.3) is 0 Å². The van der Waals surface area contributed by atoms with Gasteiger partial charge in [0.2, 0.25) is 0 Å². The average molecular weight is 235 g/mol. The number of benzene rings is 1. The zero-order chi connectivity index (χ0) is 12.5. The average Bonchev–Trinajstić information content (AvgIpc) is 2.68. The lowest BCUT2D eigenvalue weighted by molar-refractivity contribution is 0.160. The van der Waals surface area contributed by atoms with Gasteiger partial charge in [0.1, 0.15) is 11.9 Å². The van der Waals surface area contributed by atoms with E-state index in [1.54, 1.807) is 0 Å². The third kappa shape index (κ3) is 2.99. The first-order valence-electron chi connectivity index (χ1n) is 6.12. The van der Waals surface area contributed by atoms with Crippen LogP contribution in [-0.2, 0) is 6.42 Å². The third-order valence-corrected chi connectivity index (χ3v) is 3.16. The molecule has 94 valence electrons. The molecule has 3 nitrogen and oxygen atoms in total. The van der Waals surface area contributed by atoms with Crippen LogP contribution in [-0.4, -0.2) is 29.9 Å². The quantitative estimate of drug-likeness (QED) is 0.834. The minimum atomic E-state index is -0.242. The van der Waals surface area contributed by atoms with Crippen molar-refractivity contribution in [3.8, 4) is 5.75 Å². The van der Waals surface area contributed by atoms with E-state index in [2.05, 4.69) is 24.4 Å². The molecular weight excluding hydrogens is 214 g/mol. The SMILES string of the molecule is Cc1ccc2c(c1)CC(CNC(C)(C)CO)O2. The maximum atomic E-state index is 9.17. The van der Waals surface area contributed by atoms with Crippen molar-refractivity contribution in [3.05, 3.63) is 29.3 Å². The number of aliphatic hydroxyl groups excluding tert-OH is 1. The monoisotopic (exact) mass is 235 g/mol. The van der Waals surface area contributed by atoms with Gasteiger partial charge in [-0.05, 0) is 32.4 Å². The van der Waals surface area contributed by atoms with Crippen molar-refractivity contribution < 1.29 is 9.84 Å². The highest BCUT2D eigenvalue weighted by Gasteiger charge is 2.25. The summed E-state index contributed by atoms with van der Waals surface area (Å²) >= 11 is 0. The number of nitrogens with one attached hydrogen (secondary N) is 1.